The number of hydrogen-bond acceptors (Lipinski definition) is 6. The van der Waals surface area contributed by atoms with Crippen LogP contribution in [0.15, 0.2) is 42.6 Å². The van der Waals surface area contributed by atoms with E-state index in [9.17, 15) is 0 Å². The highest BCUT2D eigenvalue weighted by Crippen LogP contribution is 2.28. The molecule has 0 fully saturated rings. The van der Waals surface area contributed by atoms with Gasteiger partial charge in [-0.2, -0.15) is 10.3 Å². The highest BCUT2D eigenvalue weighted by molar-refractivity contribution is 5.77. The van der Waals surface area contributed by atoms with Gasteiger partial charge in [-0.15, -0.1) is 10.2 Å². The molecule has 0 aliphatic carbocycles. The first-order valence-corrected chi connectivity index (χ1v) is 10.9. The first-order chi connectivity index (χ1) is 15.2. The third-order valence-electron chi connectivity index (χ3n) is 5.53. The average molecular weight is 417 g/mol. The number of hydrogen-bond donors (Lipinski definition) is 1. The van der Waals surface area contributed by atoms with Crippen molar-refractivity contribution in [3.63, 3.8) is 0 Å². The van der Waals surface area contributed by atoms with E-state index in [-0.39, 0.29) is 0 Å². The molecule has 0 saturated heterocycles. The van der Waals surface area contributed by atoms with E-state index in [2.05, 4.69) is 75.3 Å². The van der Waals surface area contributed by atoms with Crippen LogP contribution in [-0.4, -0.2) is 40.4 Å². The van der Waals surface area contributed by atoms with Gasteiger partial charge < -0.3 is 0 Å². The van der Waals surface area contributed by atoms with Crippen LogP contribution in [0.4, 0.5) is 0 Å². The largest absolute Gasteiger partial charge is 0.252 e. The first kappa shape index (κ1) is 20.8. The summed E-state index contributed by atoms with van der Waals surface area (Å²) in [6.07, 6.45) is 6.01. The highest BCUT2D eigenvalue weighted by atomic mass is 15.5. The fourth-order valence-corrected chi connectivity index (χ4v) is 3.47. The zero-order chi connectivity index (χ0) is 21.6. The lowest BCUT2D eigenvalue weighted by molar-refractivity contribution is 0.602. The van der Waals surface area contributed by atoms with Gasteiger partial charge in [-0.25, -0.2) is 9.67 Å². The molecule has 1 atom stereocenters. The van der Waals surface area contributed by atoms with Crippen LogP contribution in [0.2, 0.25) is 0 Å². The van der Waals surface area contributed by atoms with Gasteiger partial charge in [0.2, 0.25) is 5.82 Å². The van der Waals surface area contributed by atoms with Crippen LogP contribution in [-0.2, 0) is 13.0 Å². The number of aryl methyl sites for hydroxylation is 1. The van der Waals surface area contributed by atoms with Crippen molar-refractivity contribution in [1.29, 1.82) is 0 Å². The van der Waals surface area contributed by atoms with E-state index in [1.54, 1.807) is 6.20 Å². The summed E-state index contributed by atoms with van der Waals surface area (Å²) in [6.45, 7) is 7.29. The Balaban J connectivity index is 1.58. The van der Waals surface area contributed by atoms with E-state index in [0.29, 0.717) is 24.0 Å². The maximum atomic E-state index is 4.84. The number of benzene rings is 1. The molecule has 160 valence electrons. The zero-order valence-corrected chi connectivity index (χ0v) is 18.3. The number of tetrazole rings is 1. The normalized spacial score (nSPS) is 12.2. The molecule has 8 heteroatoms. The van der Waals surface area contributed by atoms with Gasteiger partial charge in [0.05, 0.1) is 6.54 Å². The predicted octanol–water partition coefficient (Wildman–Crippen LogP) is 4.42. The van der Waals surface area contributed by atoms with E-state index in [4.69, 9.17) is 10.1 Å². The number of H-pyrrole nitrogens is 1. The number of rotatable bonds is 9. The number of nitrogens with zero attached hydrogens (tertiary/aromatic N) is 7. The van der Waals surface area contributed by atoms with Crippen molar-refractivity contribution in [2.75, 3.05) is 0 Å². The quantitative estimate of drug-likeness (QED) is 0.433. The molecular weight excluding hydrogens is 388 g/mol. The number of nitrogens with one attached hydrogen (secondary N) is 1. The standard InChI is InChI=1S/C23H28N8/c1-4-6-9-20-25-22(16(3)5-2)28-31(20)15-17-10-12-18(13-11-17)19-8-7-14-24-21(19)23-26-29-30-27-23/h7-8,10-14,16H,4-6,9,15H2,1-3H3,(H,26,27,29,30). The second-order valence-corrected chi connectivity index (χ2v) is 7.79. The summed E-state index contributed by atoms with van der Waals surface area (Å²) in [5, 5.41) is 19.1. The van der Waals surface area contributed by atoms with Crippen molar-refractivity contribution in [2.45, 2.75) is 58.9 Å². The van der Waals surface area contributed by atoms with Gasteiger partial charge in [0, 0.05) is 24.1 Å². The minimum atomic E-state index is 0.373. The summed E-state index contributed by atoms with van der Waals surface area (Å²) in [4.78, 5) is 9.29. The molecule has 0 amide bonds. The Morgan fingerprint density at radius 2 is 1.94 bits per heavy atom. The van der Waals surface area contributed by atoms with Crippen LogP contribution in [0.1, 0.15) is 63.2 Å². The van der Waals surface area contributed by atoms with Crippen LogP contribution in [0.5, 0.6) is 0 Å². The Labute approximate surface area is 182 Å². The Hall–Kier alpha value is -3.42. The molecule has 3 aromatic heterocycles. The molecule has 0 aliphatic heterocycles. The molecule has 1 N–H and O–H groups in total. The lowest BCUT2D eigenvalue weighted by Gasteiger charge is -2.09. The Morgan fingerprint density at radius 1 is 1.10 bits per heavy atom. The van der Waals surface area contributed by atoms with Crippen molar-refractivity contribution in [2.24, 2.45) is 0 Å². The Bertz CT molecular complexity index is 1100. The monoisotopic (exact) mass is 416 g/mol. The van der Waals surface area contributed by atoms with Crippen molar-refractivity contribution in [1.82, 2.24) is 40.4 Å². The number of pyridine rings is 1. The molecule has 1 unspecified atom stereocenters. The van der Waals surface area contributed by atoms with Crippen molar-refractivity contribution in [3.05, 3.63) is 59.8 Å². The molecule has 0 saturated carbocycles. The third kappa shape index (κ3) is 4.68. The molecule has 3 heterocycles. The Morgan fingerprint density at radius 3 is 2.65 bits per heavy atom. The molecule has 0 aliphatic rings. The van der Waals surface area contributed by atoms with E-state index in [0.717, 1.165) is 48.5 Å². The van der Waals surface area contributed by atoms with E-state index < -0.39 is 0 Å². The van der Waals surface area contributed by atoms with E-state index >= 15 is 0 Å². The summed E-state index contributed by atoms with van der Waals surface area (Å²) in [5.74, 6) is 2.89. The van der Waals surface area contributed by atoms with Gasteiger partial charge in [0.25, 0.3) is 0 Å². The number of aromatic nitrogens is 8. The smallest absolute Gasteiger partial charge is 0.223 e. The second kappa shape index (κ2) is 9.59. The van der Waals surface area contributed by atoms with Crippen molar-refractivity contribution >= 4 is 0 Å². The van der Waals surface area contributed by atoms with Gasteiger partial charge in [0.1, 0.15) is 11.5 Å². The maximum Gasteiger partial charge on any atom is 0.223 e. The lowest BCUT2D eigenvalue weighted by Crippen LogP contribution is -2.07. The fraction of sp³-hybridized carbons (Fsp3) is 0.391. The highest BCUT2D eigenvalue weighted by Gasteiger charge is 2.15. The first-order valence-electron chi connectivity index (χ1n) is 10.9. The molecule has 8 nitrogen and oxygen atoms in total. The SMILES string of the molecule is CCCCc1nc(C(C)CC)nn1Cc1ccc(-c2cccnc2-c2nn[nH]n2)cc1. The number of unbranched alkanes of at least 4 members (excludes halogenated alkanes) is 1. The summed E-state index contributed by atoms with van der Waals surface area (Å²) in [5.41, 5.74) is 3.92. The van der Waals surface area contributed by atoms with Crippen LogP contribution in [0, 0.1) is 0 Å². The molecule has 4 rings (SSSR count). The second-order valence-electron chi connectivity index (χ2n) is 7.79. The van der Waals surface area contributed by atoms with Crippen LogP contribution in [0.3, 0.4) is 0 Å². The van der Waals surface area contributed by atoms with E-state index in [1.165, 1.54) is 5.56 Å². The van der Waals surface area contributed by atoms with Crippen LogP contribution < -0.4 is 0 Å². The van der Waals surface area contributed by atoms with Crippen LogP contribution in [0.25, 0.3) is 22.6 Å². The third-order valence-corrected chi connectivity index (χ3v) is 5.53. The molecule has 0 spiro atoms. The topological polar surface area (TPSA) is 98.1 Å². The summed E-state index contributed by atoms with van der Waals surface area (Å²) < 4.78 is 2.07. The number of aromatic amines is 1. The maximum absolute atomic E-state index is 4.84. The molecular formula is C23H28N8. The lowest BCUT2D eigenvalue weighted by atomic mass is 10.0. The molecule has 0 radical (unpaired) electrons. The van der Waals surface area contributed by atoms with Crippen molar-refractivity contribution < 1.29 is 0 Å². The van der Waals surface area contributed by atoms with Gasteiger partial charge in [-0.05, 0) is 35.2 Å². The van der Waals surface area contributed by atoms with Crippen LogP contribution >= 0.6 is 0 Å². The molecule has 0 bridgehead atoms. The summed E-state index contributed by atoms with van der Waals surface area (Å²) in [6, 6.07) is 12.4. The summed E-state index contributed by atoms with van der Waals surface area (Å²) in [7, 11) is 0. The van der Waals surface area contributed by atoms with Gasteiger partial charge in [-0.3, -0.25) is 4.98 Å². The Kier molecular flexibility index (Phi) is 6.45. The minimum Gasteiger partial charge on any atom is -0.252 e. The van der Waals surface area contributed by atoms with E-state index in [1.807, 2.05) is 12.1 Å². The van der Waals surface area contributed by atoms with Gasteiger partial charge >= 0.3 is 0 Å². The molecule has 4 aromatic rings. The molecule has 31 heavy (non-hydrogen) atoms. The predicted molar refractivity (Wildman–Crippen MR) is 119 cm³/mol. The minimum absolute atomic E-state index is 0.373. The van der Waals surface area contributed by atoms with Crippen molar-refractivity contribution in [3.8, 4) is 22.6 Å². The fourth-order valence-electron chi connectivity index (χ4n) is 3.47. The van der Waals surface area contributed by atoms with Gasteiger partial charge in [0.15, 0.2) is 5.82 Å². The zero-order valence-electron chi connectivity index (χ0n) is 18.3. The average Bonchev–Trinajstić information content (AvgIpc) is 3.48. The van der Waals surface area contributed by atoms with Gasteiger partial charge in [-0.1, -0.05) is 57.5 Å². The summed E-state index contributed by atoms with van der Waals surface area (Å²) >= 11 is 0. The molecule has 1 aromatic carbocycles.